The first kappa shape index (κ1) is 32.6. The molecule has 0 saturated carbocycles. The summed E-state index contributed by atoms with van der Waals surface area (Å²) in [7, 11) is 0. The molecule has 1 heterocycles. The minimum atomic E-state index is 0.293. The van der Waals surface area contributed by atoms with Gasteiger partial charge in [0.1, 0.15) is 0 Å². The third kappa shape index (κ3) is 4.34. The molecule has 0 aliphatic heterocycles. The van der Waals surface area contributed by atoms with Gasteiger partial charge in [0.25, 0.3) is 0 Å². The summed E-state index contributed by atoms with van der Waals surface area (Å²) >= 11 is 0. The van der Waals surface area contributed by atoms with Crippen molar-refractivity contribution in [3.63, 3.8) is 0 Å². The topological polar surface area (TPSA) is 12.9 Å². The third-order valence-corrected chi connectivity index (χ3v) is 14.1. The Hall–Kier alpha value is -7.35. The summed E-state index contributed by atoms with van der Waals surface area (Å²) in [4.78, 5) is 5.43. The highest BCUT2D eigenvalue weighted by Crippen LogP contribution is 2.55. The molecule has 14 rings (SSSR count). The number of hydrogen-bond acceptors (Lipinski definition) is 1. The molecular weight excluding hydrogens is 723 g/mol. The molecule has 2 unspecified atom stereocenters. The van der Waals surface area contributed by atoms with E-state index < -0.39 is 0 Å². The van der Waals surface area contributed by atoms with E-state index in [2.05, 4.69) is 188 Å². The van der Waals surface area contributed by atoms with Crippen LogP contribution in [0, 0.1) is 5.92 Å². The van der Waals surface area contributed by atoms with Gasteiger partial charge in [-0.15, -0.1) is 0 Å². The number of nitrogens with zero attached hydrogens (tertiary/aromatic N) is 1. The number of pyridine rings is 1. The van der Waals surface area contributed by atoms with Crippen LogP contribution in [0.2, 0.25) is 0 Å². The van der Waals surface area contributed by atoms with Crippen LogP contribution in [-0.4, -0.2) is 4.98 Å². The number of fused-ring (bicyclic) bond motifs is 13. The van der Waals surface area contributed by atoms with Gasteiger partial charge in [-0.3, -0.25) is 4.98 Å². The number of aryl methyl sites for hydroxylation is 1. The molecule has 3 aliphatic carbocycles. The zero-order valence-corrected chi connectivity index (χ0v) is 32.9. The van der Waals surface area contributed by atoms with Gasteiger partial charge in [-0.25, -0.2) is 0 Å². The van der Waals surface area contributed by atoms with Crippen molar-refractivity contribution in [2.75, 3.05) is 0 Å². The number of rotatable bonds is 3. The Labute approximate surface area is 347 Å². The van der Waals surface area contributed by atoms with Crippen LogP contribution >= 0.6 is 0 Å². The second-order valence-corrected chi connectivity index (χ2v) is 17.2. The maximum atomic E-state index is 5.43. The van der Waals surface area contributed by atoms with Gasteiger partial charge in [0.05, 0.1) is 11.4 Å². The van der Waals surface area contributed by atoms with Crippen LogP contribution in [0.1, 0.15) is 40.4 Å². The van der Waals surface area contributed by atoms with Crippen molar-refractivity contribution in [3.8, 4) is 22.3 Å². The van der Waals surface area contributed by atoms with Gasteiger partial charge >= 0.3 is 0 Å². The van der Waals surface area contributed by atoms with Crippen molar-refractivity contribution >= 4 is 93.1 Å². The predicted molar refractivity (Wildman–Crippen MR) is 256 cm³/mol. The van der Waals surface area contributed by atoms with Crippen LogP contribution < -0.4 is 0 Å². The van der Waals surface area contributed by atoms with Gasteiger partial charge in [0.15, 0.2) is 0 Å². The molecule has 278 valence electrons. The lowest BCUT2D eigenvalue weighted by Crippen LogP contribution is -2.16. The quantitative estimate of drug-likeness (QED) is 0.164. The molecule has 0 fully saturated rings. The smallest absolute Gasteiger partial charge is 0.0666 e. The highest BCUT2D eigenvalue weighted by Gasteiger charge is 2.29. The Morgan fingerprint density at radius 2 is 1.08 bits per heavy atom. The molecule has 0 N–H and O–H groups in total. The Kier molecular flexibility index (Phi) is 6.57. The van der Waals surface area contributed by atoms with Gasteiger partial charge in [-0.2, -0.15) is 0 Å². The lowest BCUT2D eigenvalue weighted by atomic mass is 9.79. The van der Waals surface area contributed by atoms with Crippen LogP contribution in [0.15, 0.2) is 176 Å². The first-order chi connectivity index (χ1) is 29.8. The Balaban J connectivity index is 1.12. The van der Waals surface area contributed by atoms with Crippen molar-refractivity contribution in [2.45, 2.75) is 18.8 Å². The second-order valence-electron chi connectivity index (χ2n) is 17.2. The van der Waals surface area contributed by atoms with E-state index in [4.69, 9.17) is 4.98 Å². The Morgan fingerprint density at radius 3 is 1.90 bits per heavy atom. The maximum absolute atomic E-state index is 5.43. The fourth-order valence-corrected chi connectivity index (χ4v) is 11.6. The SMILES string of the molecule is C1=CC2C=Cc3ccc(C4=Cc5c(cc6c7c(-c8ccccc8)c8c(cc9c%10ccccc%10c%10cccc8c%109)c(-c8ccccc8)c7c7cccc5c76)CC4)nc3C2C=C1. The lowest BCUT2D eigenvalue weighted by molar-refractivity contribution is 0.669. The highest BCUT2D eigenvalue weighted by atomic mass is 14.7. The van der Waals surface area contributed by atoms with E-state index in [0.717, 1.165) is 18.5 Å². The minimum Gasteiger partial charge on any atom is -0.252 e. The van der Waals surface area contributed by atoms with E-state index in [1.54, 1.807) is 0 Å². The van der Waals surface area contributed by atoms with E-state index in [9.17, 15) is 0 Å². The van der Waals surface area contributed by atoms with Crippen molar-refractivity contribution in [2.24, 2.45) is 5.92 Å². The van der Waals surface area contributed by atoms with E-state index in [-0.39, 0.29) is 0 Å². The highest BCUT2D eigenvalue weighted by molar-refractivity contribution is 6.45. The summed E-state index contributed by atoms with van der Waals surface area (Å²) in [5.41, 5.74) is 12.8. The number of benzene rings is 8. The lowest BCUT2D eigenvalue weighted by Gasteiger charge is -2.27. The molecule has 10 aromatic carbocycles. The van der Waals surface area contributed by atoms with Gasteiger partial charge < -0.3 is 0 Å². The summed E-state index contributed by atoms with van der Waals surface area (Å²) in [5, 5.41) is 18.7. The molecule has 60 heavy (non-hydrogen) atoms. The van der Waals surface area contributed by atoms with Gasteiger partial charge in [0.2, 0.25) is 0 Å². The van der Waals surface area contributed by atoms with Crippen LogP contribution in [-0.2, 0) is 6.42 Å². The van der Waals surface area contributed by atoms with Gasteiger partial charge in [-0.1, -0.05) is 164 Å². The number of aromatic nitrogens is 1. The third-order valence-electron chi connectivity index (χ3n) is 14.1. The zero-order valence-electron chi connectivity index (χ0n) is 32.9. The second kappa shape index (κ2) is 12.1. The van der Waals surface area contributed by atoms with Crippen LogP contribution in [0.4, 0.5) is 0 Å². The summed E-state index contributed by atoms with van der Waals surface area (Å²) < 4.78 is 0. The van der Waals surface area contributed by atoms with Crippen LogP contribution in [0.5, 0.6) is 0 Å². The minimum absolute atomic E-state index is 0.293. The summed E-state index contributed by atoms with van der Waals surface area (Å²) in [6.07, 6.45) is 18.0. The first-order valence-electron chi connectivity index (χ1n) is 21.4. The summed E-state index contributed by atoms with van der Waals surface area (Å²) in [5.74, 6) is 0.667. The zero-order chi connectivity index (χ0) is 39.1. The molecule has 0 spiro atoms. The molecule has 0 radical (unpaired) electrons. The predicted octanol–water partition coefficient (Wildman–Crippen LogP) is 15.7. The molecule has 3 aliphatic rings. The molecule has 1 nitrogen and oxygen atoms in total. The largest absolute Gasteiger partial charge is 0.252 e. The summed E-state index contributed by atoms with van der Waals surface area (Å²) in [6, 6.07) is 55.0. The Bertz CT molecular complexity index is 3750. The fraction of sp³-hybridized carbons (Fsp3) is 0.0678. The molecule has 2 atom stereocenters. The molecule has 11 aromatic rings. The molecule has 0 bridgehead atoms. The Morgan fingerprint density at radius 1 is 0.433 bits per heavy atom. The number of hydrogen-bond donors (Lipinski definition) is 0. The fourth-order valence-electron chi connectivity index (χ4n) is 11.6. The van der Waals surface area contributed by atoms with Crippen LogP contribution in [0.25, 0.3) is 115 Å². The molecular formula is C59H37N. The number of allylic oxidation sites excluding steroid dienone is 6. The van der Waals surface area contributed by atoms with Crippen LogP contribution in [0.3, 0.4) is 0 Å². The molecule has 1 aromatic heterocycles. The summed E-state index contributed by atoms with van der Waals surface area (Å²) in [6.45, 7) is 0. The van der Waals surface area contributed by atoms with Crippen molar-refractivity contribution in [3.05, 3.63) is 204 Å². The van der Waals surface area contributed by atoms with Crippen molar-refractivity contribution in [1.82, 2.24) is 4.98 Å². The average molecular weight is 760 g/mol. The van der Waals surface area contributed by atoms with Crippen molar-refractivity contribution in [1.29, 1.82) is 0 Å². The molecule has 1 heteroatoms. The first-order valence-corrected chi connectivity index (χ1v) is 21.4. The van der Waals surface area contributed by atoms with E-state index in [0.29, 0.717) is 11.8 Å². The monoisotopic (exact) mass is 759 g/mol. The maximum Gasteiger partial charge on any atom is 0.0666 e. The molecule has 0 saturated heterocycles. The normalized spacial score (nSPS) is 17.1. The van der Waals surface area contributed by atoms with Crippen molar-refractivity contribution < 1.29 is 0 Å². The van der Waals surface area contributed by atoms with E-state index >= 15 is 0 Å². The average Bonchev–Trinajstić information content (AvgIpc) is 3.82. The van der Waals surface area contributed by atoms with Gasteiger partial charge in [0, 0.05) is 11.8 Å². The standard InChI is InChI=1S/C59H37N/c1-3-14-35(15-4-1)52-50-33-48-42-20-10-9-19-41(42)43-21-11-23-45(54(43)48)56(50)53(36-16-5-2-6-17-36)58-49-31-38-27-28-39(32-47(38)44-22-12-24-46(55(44)49)57(52)58)51-30-29-37-26-25-34-13-7-8-18-40(34)59(37)60-51/h1-26,29-34,40H,27-28H2. The van der Waals surface area contributed by atoms with E-state index in [1.165, 1.54) is 126 Å². The molecule has 0 amide bonds. The van der Waals surface area contributed by atoms with Gasteiger partial charge in [-0.05, 0) is 157 Å². The van der Waals surface area contributed by atoms with E-state index in [1.807, 2.05) is 0 Å².